The number of aliphatic hydroxyl groups is 1. The summed E-state index contributed by atoms with van der Waals surface area (Å²) in [6.07, 6.45) is 3.81. The highest BCUT2D eigenvalue weighted by Crippen LogP contribution is 2.44. The summed E-state index contributed by atoms with van der Waals surface area (Å²) in [6, 6.07) is 13.6. The molecule has 1 aromatic carbocycles. The molecule has 1 aromatic heterocycles. The van der Waals surface area contributed by atoms with Gasteiger partial charge in [-0.05, 0) is 48.8 Å². The number of carbonyl (C=O) groups is 3. The molecular formula is C30H40N4O4S. The molecular weight excluding hydrogens is 512 g/mol. The number of hydrogen-bond donors (Lipinski definition) is 4. The van der Waals surface area contributed by atoms with E-state index in [1.807, 2.05) is 61.7 Å². The average molecular weight is 553 g/mol. The fourth-order valence-electron chi connectivity index (χ4n) is 5.25. The number of carbonyl (C=O) groups excluding carboxylic acids is 3. The zero-order valence-corrected chi connectivity index (χ0v) is 23.6. The largest absolute Gasteiger partial charge is 0.391 e. The topological polar surface area (TPSA) is 139 Å². The summed E-state index contributed by atoms with van der Waals surface area (Å²) in [5.41, 5.74) is 11.7. The fourth-order valence-corrected chi connectivity index (χ4v) is 6.01. The summed E-state index contributed by atoms with van der Waals surface area (Å²) in [4.78, 5) is 42.1. The van der Waals surface area contributed by atoms with E-state index in [9.17, 15) is 19.5 Å². The number of rotatable bonds is 15. The lowest BCUT2D eigenvalue weighted by Crippen LogP contribution is -2.52. The molecule has 0 aliphatic heterocycles. The third kappa shape index (κ3) is 7.65. The van der Waals surface area contributed by atoms with Gasteiger partial charge in [-0.25, -0.2) is 0 Å². The molecule has 2 aromatic rings. The lowest BCUT2D eigenvalue weighted by atomic mass is 9.63. The van der Waals surface area contributed by atoms with Crippen LogP contribution in [0.2, 0.25) is 0 Å². The Balaban J connectivity index is 2.00. The van der Waals surface area contributed by atoms with Gasteiger partial charge in [0, 0.05) is 48.1 Å². The minimum Gasteiger partial charge on any atom is -0.391 e. The van der Waals surface area contributed by atoms with E-state index in [2.05, 4.69) is 5.32 Å². The molecule has 3 rings (SSSR count). The monoisotopic (exact) mass is 552 g/mol. The highest BCUT2D eigenvalue weighted by atomic mass is 32.1. The van der Waals surface area contributed by atoms with Crippen molar-refractivity contribution in [1.82, 2.24) is 10.2 Å². The molecule has 1 heterocycles. The predicted molar refractivity (Wildman–Crippen MR) is 154 cm³/mol. The van der Waals surface area contributed by atoms with E-state index in [1.165, 1.54) is 23.5 Å². The van der Waals surface area contributed by atoms with Gasteiger partial charge in [-0.2, -0.15) is 0 Å². The van der Waals surface area contributed by atoms with Crippen LogP contribution in [-0.4, -0.2) is 53.5 Å². The van der Waals surface area contributed by atoms with Crippen molar-refractivity contribution in [1.29, 1.82) is 0 Å². The lowest BCUT2D eigenvalue weighted by Gasteiger charge is -2.41. The molecule has 3 amide bonds. The van der Waals surface area contributed by atoms with Gasteiger partial charge < -0.3 is 26.8 Å². The van der Waals surface area contributed by atoms with Gasteiger partial charge in [0.2, 0.25) is 17.7 Å². The summed E-state index contributed by atoms with van der Waals surface area (Å²) < 4.78 is 0. The average Bonchev–Trinajstić information content (AvgIpc) is 3.44. The summed E-state index contributed by atoms with van der Waals surface area (Å²) in [7, 11) is 0. The van der Waals surface area contributed by atoms with Gasteiger partial charge in [0.25, 0.3) is 0 Å². The molecule has 0 bridgehead atoms. The van der Waals surface area contributed by atoms with E-state index < -0.39 is 29.3 Å². The third-order valence-electron chi connectivity index (χ3n) is 7.17. The van der Waals surface area contributed by atoms with Crippen molar-refractivity contribution >= 4 is 29.1 Å². The van der Waals surface area contributed by atoms with Crippen molar-refractivity contribution in [2.75, 3.05) is 19.6 Å². The Morgan fingerprint density at radius 3 is 2.33 bits per heavy atom. The van der Waals surface area contributed by atoms with Gasteiger partial charge in [-0.1, -0.05) is 56.3 Å². The molecule has 0 spiro atoms. The van der Waals surface area contributed by atoms with Crippen molar-refractivity contribution in [3.05, 3.63) is 81.6 Å². The zero-order chi connectivity index (χ0) is 28.4. The molecule has 0 saturated carbocycles. The van der Waals surface area contributed by atoms with Gasteiger partial charge >= 0.3 is 0 Å². The molecule has 1 unspecified atom stereocenters. The van der Waals surface area contributed by atoms with E-state index in [4.69, 9.17) is 11.5 Å². The first-order valence-electron chi connectivity index (χ1n) is 13.5. The van der Waals surface area contributed by atoms with Crippen molar-refractivity contribution < 1.29 is 19.5 Å². The maximum atomic E-state index is 13.6. The number of benzene rings is 1. The van der Waals surface area contributed by atoms with Gasteiger partial charge in [0.1, 0.15) is 0 Å². The fraction of sp³-hybridized carbons (Fsp3) is 0.433. The first-order chi connectivity index (χ1) is 18.7. The number of thiophene rings is 1. The Bertz CT molecular complexity index is 1170. The Morgan fingerprint density at radius 2 is 1.77 bits per heavy atom. The first-order valence-corrected chi connectivity index (χ1v) is 14.4. The molecule has 6 N–H and O–H groups in total. The van der Waals surface area contributed by atoms with E-state index in [0.29, 0.717) is 31.6 Å². The first kappa shape index (κ1) is 30.3. The standard InChI is InChI=1S/C30H40N4O4S/c1-3-12-34(13-4-2)28(37)23-15-22(27(31)36)17-30(18-23,29(32)38)25(16-24-11-8-14-39-24)26(35)20-33-19-21-9-6-5-7-10-21/h5-11,14-15,17,25-26,33,35H,3-4,12-13,16,18-20H2,1-2H3,(H2,31,36)(H2,32,38)/t25-,26+,30?/m1/s1. The number of amides is 3. The van der Waals surface area contributed by atoms with Crippen molar-refractivity contribution in [2.45, 2.75) is 52.2 Å². The summed E-state index contributed by atoms with van der Waals surface area (Å²) >= 11 is 1.51. The smallest absolute Gasteiger partial charge is 0.249 e. The highest BCUT2D eigenvalue weighted by Gasteiger charge is 2.49. The van der Waals surface area contributed by atoms with Crippen LogP contribution in [0.4, 0.5) is 0 Å². The second kappa shape index (κ2) is 14.2. The van der Waals surface area contributed by atoms with Gasteiger partial charge in [-0.3, -0.25) is 14.4 Å². The number of nitrogens with zero attached hydrogens (tertiary/aromatic N) is 1. The number of hydrogen-bond acceptors (Lipinski definition) is 6. The van der Waals surface area contributed by atoms with Gasteiger partial charge in [0.15, 0.2) is 0 Å². The minimum absolute atomic E-state index is 0.0202. The molecule has 0 saturated heterocycles. The highest BCUT2D eigenvalue weighted by molar-refractivity contribution is 7.09. The van der Waals surface area contributed by atoms with Crippen LogP contribution in [0.25, 0.3) is 0 Å². The van der Waals surface area contributed by atoms with E-state index in [-0.39, 0.29) is 24.4 Å². The lowest BCUT2D eigenvalue weighted by molar-refractivity contribution is -0.132. The predicted octanol–water partition coefficient (Wildman–Crippen LogP) is 2.92. The minimum atomic E-state index is -1.49. The van der Waals surface area contributed by atoms with Crippen LogP contribution in [0.5, 0.6) is 0 Å². The molecule has 39 heavy (non-hydrogen) atoms. The Labute approximate surface area is 234 Å². The molecule has 8 nitrogen and oxygen atoms in total. The summed E-state index contributed by atoms with van der Waals surface area (Å²) in [5.74, 6) is -2.42. The van der Waals surface area contributed by atoms with E-state index in [0.717, 1.165) is 23.3 Å². The van der Waals surface area contributed by atoms with Gasteiger partial charge in [-0.15, -0.1) is 11.3 Å². The van der Waals surface area contributed by atoms with Crippen LogP contribution in [0.15, 0.2) is 71.1 Å². The second-order valence-corrected chi connectivity index (χ2v) is 11.1. The Kier molecular flexibility index (Phi) is 11.0. The zero-order valence-electron chi connectivity index (χ0n) is 22.8. The SMILES string of the molecule is CCCN(CCC)C(=O)C1=CC(C(N)=O)=CC(C(N)=O)([C@H](Cc2cccs2)[C@@H](O)CNCc2ccccc2)C1. The van der Waals surface area contributed by atoms with E-state index >= 15 is 0 Å². The molecule has 0 radical (unpaired) electrons. The maximum absolute atomic E-state index is 13.6. The summed E-state index contributed by atoms with van der Waals surface area (Å²) in [6.45, 7) is 5.79. The molecule has 1 aliphatic carbocycles. The van der Waals surface area contributed by atoms with Crippen molar-refractivity contribution in [3.8, 4) is 0 Å². The molecule has 1 aliphatic rings. The Morgan fingerprint density at radius 1 is 1.08 bits per heavy atom. The number of primary amides is 2. The van der Waals surface area contributed by atoms with Crippen molar-refractivity contribution in [3.63, 3.8) is 0 Å². The van der Waals surface area contributed by atoms with E-state index in [1.54, 1.807) is 4.90 Å². The molecule has 3 atom stereocenters. The van der Waals surface area contributed by atoms with Crippen LogP contribution in [-0.2, 0) is 27.3 Å². The third-order valence-corrected chi connectivity index (χ3v) is 8.07. The van der Waals surface area contributed by atoms with Crippen LogP contribution in [0.1, 0.15) is 43.6 Å². The van der Waals surface area contributed by atoms with Crippen LogP contribution < -0.4 is 16.8 Å². The Hall–Kier alpha value is -3.27. The maximum Gasteiger partial charge on any atom is 0.249 e. The number of aliphatic hydroxyl groups excluding tert-OH is 1. The number of nitrogens with one attached hydrogen (secondary N) is 1. The van der Waals surface area contributed by atoms with Crippen LogP contribution in [0, 0.1) is 11.3 Å². The quantitative estimate of drug-likeness (QED) is 0.269. The molecule has 9 heteroatoms. The van der Waals surface area contributed by atoms with Crippen LogP contribution >= 0.6 is 11.3 Å². The van der Waals surface area contributed by atoms with Gasteiger partial charge in [0.05, 0.1) is 11.5 Å². The number of nitrogens with two attached hydrogens (primary N) is 2. The van der Waals surface area contributed by atoms with Crippen LogP contribution in [0.3, 0.4) is 0 Å². The normalized spacial score (nSPS) is 18.5. The molecule has 0 fully saturated rings. The second-order valence-electron chi connectivity index (χ2n) is 10.1. The summed E-state index contributed by atoms with van der Waals surface area (Å²) in [5, 5.41) is 16.8. The molecule has 210 valence electrons. The van der Waals surface area contributed by atoms with Crippen molar-refractivity contribution in [2.24, 2.45) is 22.8 Å².